The third-order valence-corrected chi connectivity index (χ3v) is 4.44. The zero-order valence-corrected chi connectivity index (χ0v) is 14.2. The van der Waals surface area contributed by atoms with Gasteiger partial charge in [0.25, 0.3) is 5.91 Å². The minimum Gasteiger partial charge on any atom is -0.435 e. The summed E-state index contributed by atoms with van der Waals surface area (Å²) in [4.78, 5) is 27.0. The van der Waals surface area contributed by atoms with Gasteiger partial charge < -0.3 is 4.74 Å². The Labute approximate surface area is 148 Å². The molecule has 1 amide bonds. The van der Waals surface area contributed by atoms with Crippen LogP contribution in [0.1, 0.15) is 16.2 Å². The van der Waals surface area contributed by atoms with Crippen LogP contribution in [-0.2, 0) is 7.05 Å². The first kappa shape index (κ1) is 17.7. The number of fused-ring (bicyclic) bond motifs is 1. The molecule has 0 spiro atoms. The van der Waals surface area contributed by atoms with Crippen molar-refractivity contribution in [1.82, 2.24) is 14.8 Å². The van der Waals surface area contributed by atoms with Crippen molar-refractivity contribution in [1.29, 1.82) is 0 Å². The monoisotopic (exact) mass is 383 g/mol. The number of rotatable bonds is 5. The molecule has 0 radical (unpaired) electrons. The number of nitro groups is 1. The van der Waals surface area contributed by atoms with Crippen molar-refractivity contribution in [2.24, 2.45) is 7.05 Å². The lowest BCUT2D eigenvalue weighted by atomic mass is 10.3. The van der Waals surface area contributed by atoms with E-state index in [4.69, 9.17) is 0 Å². The molecular formula is C14H11F2N5O4S. The van der Waals surface area contributed by atoms with Gasteiger partial charge in [-0.3, -0.25) is 24.9 Å². The summed E-state index contributed by atoms with van der Waals surface area (Å²) in [6.45, 7) is -1.48. The Morgan fingerprint density at radius 1 is 1.46 bits per heavy atom. The molecule has 0 saturated carbocycles. The first-order valence-corrected chi connectivity index (χ1v) is 7.92. The van der Waals surface area contributed by atoms with Crippen LogP contribution in [0.3, 0.4) is 0 Å². The maximum absolute atomic E-state index is 12.3. The number of nitrogens with zero attached hydrogens (tertiary/aromatic N) is 4. The summed E-state index contributed by atoms with van der Waals surface area (Å²) in [7, 11) is 1.49. The van der Waals surface area contributed by atoms with Gasteiger partial charge in [0.1, 0.15) is 11.4 Å². The highest BCUT2D eigenvalue weighted by molar-refractivity contribution is 7.22. The van der Waals surface area contributed by atoms with Gasteiger partial charge in [-0.25, -0.2) is 4.98 Å². The summed E-state index contributed by atoms with van der Waals surface area (Å²) in [5, 5.41) is 17.6. The lowest BCUT2D eigenvalue weighted by molar-refractivity contribution is -0.385. The van der Waals surface area contributed by atoms with Gasteiger partial charge in [-0.1, -0.05) is 11.3 Å². The third kappa shape index (κ3) is 3.31. The fourth-order valence-electron chi connectivity index (χ4n) is 2.26. The van der Waals surface area contributed by atoms with E-state index in [1.807, 2.05) is 0 Å². The SMILES string of the molecule is Cc1c([N+](=O)[O-])c(C(=O)Nc2nc3ccc(OC(F)F)cc3s2)nn1C. The van der Waals surface area contributed by atoms with Crippen LogP contribution in [0.25, 0.3) is 10.2 Å². The molecule has 0 atom stereocenters. The molecule has 1 aromatic carbocycles. The van der Waals surface area contributed by atoms with Gasteiger partial charge in [0.05, 0.1) is 15.1 Å². The van der Waals surface area contributed by atoms with Gasteiger partial charge in [0.15, 0.2) is 5.13 Å². The number of anilines is 1. The molecule has 0 unspecified atom stereocenters. The highest BCUT2D eigenvalue weighted by Crippen LogP contribution is 2.31. The zero-order valence-electron chi connectivity index (χ0n) is 13.4. The molecule has 0 bridgehead atoms. The number of ether oxygens (including phenoxy) is 1. The van der Waals surface area contributed by atoms with Gasteiger partial charge in [-0.15, -0.1) is 0 Å². The summed E-state index contributed by atoms with van der Waals surface area (Å²) in [5.74, 6) is -0.825. The maximum atomic E-state index is 12.3. The van der Waals surface area contributed by atoms with Gasteiger partial charge >= 0.3 is 12.3 Å². The van der Waals surface area contributed by atoms with Crippen molar-refractivity contribution < 1.29 is 23.2 Å². The van der Waals surface area contributed by atoms with Crippen molar-refractivity contribution in [2.75, 3.05) is 5.32 Å². The minimum atomic E-state index is -2.95. The predicted molar refractivity (Wildman–Crippen MR) is 88.8 cm³/mol. The number of thiazole rings is 1. The molecule has 2 heterocycles. The standard InChI is InChI=1S/C14H11F2N5O4S/c1-6-11(21(23)24)10(19-20(6)2)12(22)18-14-17-8-4-3-7(25-13(15)16)5-9(8)26-14/h3-5,13H,1-2H3,(H,17,18,22). The summed E-state index contributed by atoms with van der Waals surface area (Å²) in [6, 6.07) is 4.15. The van der Waals surface area contributed by atoms with Crippen LogP contribution in [-0.4, -0.2) is 32.2 Å². The number of hydrogen-bond donors (Lipinski definition) is 1. The summed E-state index contributed by atoms with van der Waals surface area (Å²) in [5.41, 5.74) is -0.0356. The van der Waals surface area contributed by atoms with Crippen molar-refractivity contribution in [3.63, 3.8) is 0 Å². The highest BCUT2D eigenvalue weighted by Gasteiger charge is 2.29. The number of halogens is 2. The second-order valence-corrected chi connectivity index (χ2v) is 6.18. The molecule has 0 aliphatic rings. The van der Waals surface area contributed by atoms with E-state index < -0.39 is 23.1 Å². The summed E-state index contributed by atoms with van der Waals surface area (Å²) >= 11 is 1.01. The molecule has 0 saturated heterocycles. The number of aryl methyl sites for hydroxylation is 1. The molecule has 3 aromatic rings. The molecule has 0 aliphatic carbocycles. The Kier molecular flexibility index (Phi) is 4.50. The number of alkyl halides is 2. The lowest BCUT2D eigenvalue weighted by Gasteiger charge is -2.02. The quantitative estimate of drug-likeness (QED) is 0.535. The maximum Gasteiger partial charge on any atom is 0.387 e. The zero-order chi connectivity index (χ0) is 19.0. The van der Waals surface area contributed by atoms with Crippen LogP contribution in [0.15, 0.2) is 18.2 Å². The van der Waals surface area contributed by atoms with Gasteiger partial charge in [0.2, 0.25) is 5.69 Å². The van der Waals surface area contributed by atoms with Crippen molar-refractivity contribution in [2.45, 2.75) is 13.5 Å². The van der Waals surface area contributed by atoms with E-state index in [1.54, 1.807) is 0 Å². The number of amides is 1. The predicted octanol–water partition coefficient (Wildman–Crippen LogP) is 3.10. The van der Waals surface area contributed by atoms with E-state index in [0.29, 0.717) is 10.2 Å². The van der Waals surface area contributed by atoms with Crippen LogP contribution in [0.4, 0.5) is 19.6 Å². The average molecular weight is 383 g/mol. The lowest BCUT2D eigenvalue weighted by Crippen LogP contribution is -2.14. The Morgan fingerprint density at radius 3 is 2.85 bits per heavy atom. The molecular weight excluding hydrogens is 372 g/mol. The average Bonchev–Trinajstić information content (AvgIpc) is 3.07. The molecule has 2 aromatic heterocycles. The van der Waals surface area contributed by atoms with Crippen molar-refractivity contribution in [3.8, 4) is 5.75 Å². The summed E-state index contributed by atoms with van der Waals surface area (Å²) in [6.07, 6.45) is 0. The molecule has 0 aliphatic heterocycles. The number of aromatic nitrogens is 3. The number of benzene rings is 1. The van der Waals surface area contributed by atoms with Crippen LogP contribution < -0.4 is 10.1 Å². The van der Waals surface area contributed by atoms with Crippen LogP contribution in [0, 0.1) is 17.0 Å². The smallest absolute Gasteiger partial charge is 0.387 e. The minimum absolute atomic E-state index is 0.0370. The van der Waals surface area contributed by atoms with E-state index in [0.717, 1.165) is 11.3 Å². The molecule has 12 heteroatoms. The van der Waals surface area contributed by atoms with Crippen LogP contribution in [0.5, 0.6) is 5.75 Å². The third-order valence-electron chi connectivity index (χ3n) is 3.51. The Morgan fingerprint density at radius 2 is 2.19 bits per heavy atom. The molecule has 26 heavy (non-hydrogen) atoms. The normalized spacial score (nSPS) is 11.1. The molecule has 1 N–H and O–H groups in total. The molecule has 9 nitrogen and oxygen atoms in total. The first-order valence-electron chi connectivity index (χ1n) is 7.11. The van der Waals surface area contributed by atoms with Gasteiger partial charge in [-0.05, 0) is 25.1 Å². The second-order valence-electron chi connectivity index (χ2n) is 5.14. The highest BCUT2D eigenvalue weighted by atomic mass is 32.1. The Balaban J connectivity index is 1.88. The fraction of sp³-hybridized carbons (Fsp3) is 0.214. The summed E-state index contributed by atoms with van der Waals surface area (Å²) < 4.78 is 30.6. The van der Waals surface area contributed by atoms with E-state index in [-0.39, 0.29) is 22.3 Å². The number of hydrogen-bond acceptors (Lipinski definition) is 7. The Bertz CT molecular complexity index is 1020. The van der Waals surface area contributed by atoms with E-state index in [1.165, 1.54) is 36.9 Å². The number of carbonyl (C=O) groups is 1. The topological polar surface area (TPSA) is 112 Å². The van der Waals surface area contributed by atoms with Gasteiger partial charge in [-0.2, -0.15) is 13.9 Å². The largest absolute Gasteiger partial charge is 0.435 e. The van der Waals surface area contributed by atoms with Crippen LogP contribution >= 0.6 is 11.3 Å². The fourth-order valence-corrected chi connectivity index (χ4v) is 3.15. The molecule has 0 fully saturated rings. The number of carbonyl (C=O) groups excluding carboxylic acids is 1. The molecule has 3 rings (SSSR count). The number of nitrogens with one attached hydrogen (secondary N) is 1. The van der Waals surface area contributed by atoms with E-state index in [9.17, 15) is 23.7 Å². The Hall–Kier alpha value is -3.15. The van der Waals surface area contributed by atoms with E-state index >= 15 is 0 Å². The van der Waals surface area contributed by atoms with Crippen LogP contribution in [0.2, 0.25) is 0 Å². The van der Waals surface area contributed by atoms with E-state index in [2.05, 4.69) is 20.1 Å². The van der Waals surface area contributed by atoms with Gasteiger partial charge in [0, 0.05) is 7.05 Å². The second kappa shape index (κ2) is 6.63. The first-order chi connectivity index (χ1) is 12.3. The van der Waals surface area contributed by atoms with Crippen molar-refractivity contribution >= 4 is 38.3 Å². The molecule has 136 valence electrons. The van der Waals surface area contributed by atoms with Crippen molar-refractivity contribution in [3.05, 3.63) is 39.7 Å².